The van der Waals surface area contributed by atoms with E-state index in [0.717, 1.165) is 50.4 Å². The second kappa shape index (κ2) is 8.03. The molecule has 2 fully saturated rings. The summed E-state index contributed by atoms with van der Waals surface area (Å²) in [6.07, 6.45) is 4.68. The minimum atomic E-state index is 0.103. The largest absolute Gasteiger partial charge is 0.381 e. The van der Waals surface area contributed by atoms with Crippen LogP contribution in [0.4, 0.5) is 0 Å². The van der Waals surface area contributed by atoms with Gasteiger partial charge in [-0.15, -0.1) is 0 Å². The van der Waals surface area contributed by atoms with E-state index in [-0.39, 0.29) is 11.3 Å². The second-order valence-corrected chi connectivity index (χ2v) is 8.30. The van der Waals surface area contributed by atoms with E-state index in [4.69, 9.17) is 4.74 Å². The molecule has 3 heterocycles. The average Bonchev–Trinajstić information content (AvgIpc) is 3.29. The van der Waals surface area contributed by atoms with Crippen molar-refractivity contribution < 1.29 is 9.53 Å². The standard InChI is InChI=1S/C22H31N3O2/c1-18-14-19-6-2-3-7-20(19)25(18)15-21(26)23-16-22(8-12-27-13-9-22)17-24-10-4-5-11-24/h2-3,6-7,14H,4-5,8-13,15-17H2,1H3,(H,23,26). The van der Waals surface area contributed by atoms with E-state index in [1.165, 1.54) is 31.3 Å². The van der Waals surface area contributed by atoms with Crippen LogP contribution in [-0.2, 0) is 16.1 Å². The molecule has 2 aliphatic heterocycles. The summed E-state index contributed by atoms with van der Waals surface area (Å²) in [6.45, 7) is 8.31. The zero-order valence-electron chi connectivity index (χ0n) is 16.4. The van der Waals surface area contributed by atoms with Crippen molar-refractivity contribution in [3.05, 3.63) is 36.0 Å². The van der Waals surface area contributed by atoms with E-state index in [1.54, 1.807) is 0 Å². The second-order valence-electron chi connectivity index (χ2n) is 8.30. The van der Waals surface area contributed by atoms with Crippen LogP contribution in [0.5, 0.6) is 0 Å². The monoisotopic (exact) mass is 369 g/mol. The molecule has 146 valence electrons. The van der Waals surface area contributed by atoms with Gasteiger partial charge in [-0.1, -0.05) is 18.2 Å². The summed E-state index contributed by atoms with van der Waals surface area (Å²) in [5.74, 6) is 0.103. The quantitative estimate of drug-likeness (QED) is 0.852. The molecule has 2 aliphatic rings. The number of ether oxygens (including phenoxy) is 1. The van der Waals surface area contributed by atoms with Crippen LogP contribution in [0.15, 0.2) is 30.3 Å². The Morgan fingerprint density at radius 2 is 1.93 bits per heavy atom. The number of hydrogen-bond donors (Lipinski definition) is 1. The van der Waals surface area contributed by atoms with Crippen molar-refractivity contribution in [1.29, 1.82) is 0 Å². The van der Waals surface area contributed by atoms with E-state index in [9.17, 15) is 4.79 Å². The number of para-hydroxylation sites is 1. The summed E-state index contributed by atoms with van der Waals surface area (Å²) >= 11 is 0. The molecule has 1 amide bonds. The average molecular weight is 370 g/mol. The lowest BCUT2D eigenvalue weighted by atomic mass is 9.79. The predicted molar refractivity (Wildman–Crippen MR) is 108 cm³/mol. The third-order valence-electron chi connectivity index (χ3n) is 6.29. The minimum Gasteiger partial charge on any atom is -0.381 e. The SMILES string of the molecule is Cc1cc2ccccc2n1CC(=O)NCC1(CN2CCCC2)CCOCC1. The van der Waals surface area contributed by atoms with Crippen molar-refractivity contribution >= 4 is 16.8 Å². The van der Waals surface area contributed by atoms with Crippen LogP contribution in [0.1, 0.15) is 31.4 Å². The first-order chi connectivity index (χ1) is 13.2. The molecule has 0 unspecified atom stereocenters. The number of nitrogens with zero attached hydrogens (tertiary/aromatic N) is 2. The molecule has 0 bridgehead atoms. The zero-order valence-corrected chi connectivity index (χ0v) is 16.4. The van der Waals surface area contributed by atoms with Gasteiger partial charge in [0.25, 0.3) is 0 Å². The molecular weight excluding hydrogens is 338 g/mol. The smallest absolute Gasteiger partial charge is 0.239 e. The van der Waals surface area contributed by atoms with Gasteiger partial charge in [0.1, 0.15) is 6.54 Å². The van der Waals surface area contributed by atoms with Crippen LogP contribution >= 0.6 is 0 Å². The molecule has 2 aromatic rings. The van der Waals surface area contributed by atoms with Crippen LogP contribution < -0.4 is 5.32 Å². The number of benzene rings is 1. The van der Waals surface area contributed by atoms with Crippen molar-refractivity contribution in [2.75, 3.05) is 39.4 Å². The third-order valence-corrected chi connectivity index (χ3v) is 6.29. The van der Waals surface area contributed by atoms with Crippen molar-refractivity contribution in [3.63, 3.8) is 0 Å². The highest BCUT2D eigenvalue weighted by Gasteiger charge is 2.35. The van der Waals surface area contributed by atoms with Crippen LogP contribution in [0.25, 0.3) is 10.9 Å². The number of amides is 1. The van der Waals surface area contributed by atoms with E-state index in [0.29, 0.717) is 6.54 Å². The highest BCUT2D eigenvalue weighted by molar-refractivity contribution is 5.84. The number of aryl methyl sites for hydroxylation is 1. The van der Waals surface area contributed by atoms with Crippen LogP contribution in [-0.4, -0.2) is 54.8 Å². The predicted octanol–water partition coefficient (Wildman–Crippen LogP) is 2.96. The van der Waals surface area contributed by atoms with Crippen molar-refractivity contribution in [3.8, 4) is 0 Å². The molecule has 0 atom stereocenters. The summed E-state index contributed by atoms with van der Waals surface area (Å²) in [5, 5.41) is 4.45. The summed E-state index contributed by atoms with van der Waals surface area (Å²) in [7, 11) is 0. The van der Waals surface area contributed by atoms with Crippen molar-refractivity contribution in [2.24, 2.45) is 5.41 Å². The summed E-state index contributed by atoms with van der Waals surface area (Å²) in [6, 6.07) is 10.4. The lowest BCUT2D eigenvalue weighted by molar-refractivity contribution is -0.122. The van der Waals surface area contributed by atoms with E-state index in [2.05, 4.69) is 39.9 Å². The van der Waals surface area contributed by atoms with Gasteiger partial charge >= 0.3 is 0 Å². The number of carbonyl (C=O) groups is 1. The summed E-state index contributed by atoms with van der Waals surface area (Å²) < 4.78 is 7.72. The number of likely N-dealkylation sites (tertiary alicyclic amines) is 1. The Morgan fingerprint density at radius 1 is 1.19 bits per heavy atom. The summed E-state index contributed by atoms with van der Waals surface area (Å²) in [4.78, 5) is 15.3. The number of nitrogens with one attached hydrogen (secondary N) is 1. The van der Waals surface area contributed by atoms with Gasteiger partial charge in [-0.05, 0) is 63.2 Å². The molecule has 4 rings (SSSR count). The Bertz CT molecular complexity index is 786. The third kappa shape index (κ3) is 4.19. The molecule has 0 radical (unpaired) electrons. The Morgan fingerprint density at radius 3 is 2.70 bits per heavy atom. The summed E-state index contributed by atoms with van der Waals surface area (Å²) in [5.41, 5.74) is 2.42. The maximum Gasteiger partial charge on any atom is 0.239 e. The van der Waals surface area contributed by atoms with Gasteiger partial charge in [0.15, 0.2) is 0 Å². The molecule has 27 heavy (non-hydrogen) atoms. The van der Waals surface area contributed by atoms with Crippen LogP contribution in [0.2, 0.25) is 0 Å². The maximum atomic E-state index is 12.8. The van der Waals surface area contributed by atoms with Gasteiger partial charge in [0.05, 0.1) is 0 Å². The maximum absolute atomic E-state index is 12.8. The van der Waals surface area contributed by atoms with E-state index >= 15 is 0 Å². The molecule has 1 aromatic carbocycles. The molecule has 5 heteroatoms. The van der Waals surface area contributed by atoms with E-state index < -0.39 is 0 Å². The molecule has 0 spiro atoms. The number of rotatable bonds is 6. The lowest BCUT2D eigenvalue weighted by Gasteiger charge is -2.40. The van der Waals surface area contributed by atoms with Gasteiger partial charge in [-0.2, -0.15) is 0 Å². The van der Waals surface area contributed by atoms with Crippen LogP contribution in [0.3, 0.4) is 0 Å². The lowest BCUT2D eigenvalue weighted by Crippen LogP contribution is -2.48. The highest BCUT2D eigenvalue weighted by atomic mass is 16.5. The van der Waals surface area contributed by atoms with Gasteiger partial charge in [0.2, 0.25) is 5.91 Å². The number of fused-ring (bicyclic) bond motifs is 1. The Hall–Kier alpha value is -1.85. The minimum absolute atomic E-state index is 0.103. The fraction of sp³-hybridized carbons (Fsp3) is 0.591. The molecule has 0 saturated carbocycles. The Balaban J connectivity index is 1.41. The number of aromatic nitrogens is 1. The fourth-order valence-corrected chi connectivity index (χ4v) is 4.65. The topological polar surface area (TPSA) is 46.5 Å². The molecular formula is C22H31N3O2. The van der Waals surface area contributed by atoms with Crippen molar-refractivity contribution in [1.82, 2.24) is 14.8 Å². The first-order valence-corrected chi connectivity index (χ1v) is 10.3. The zero-order chi connectivity index (χ0) is 18.7. The van der Waals surface area contributed by atoms with Gasteiger partial charge in [0, 0.05) is 42.9 Å². The van der Waals surface area contributed by atoms with Crippen LogP contribution in [0, 0.1) is 12.3 Å². The van der Waals surface area contributed by atoms with E-state index in [1.807, 2.05) is 12.1 Å². The Kier molecular flexibility index (Phi) is 5.50. The molecule has 5 nitrogen and oxygen atoms in total. The first kappa shape index (κ1) is 18.5. The normalized spacial score (nSPS) is 20.2. The molecule has 1 aromatic heterocycles. The molecule has 1 N–H and O–H groups in total. The van der Waals surface area contributed by atoms with Gasteiger partial charge in [-0.3, -0.25) is 4.79 Å². The van der Waals surface area contributed by atoms with Crippen molar-refractivity contribution in [2.45, 2.75) is 39.2 Å². The molecule has 0 aliphatic carbocycles. The number of carbonyl (C=O) groups excluding carboxylic acids is 1. The molecule has 2 saturated heterocycles. The van der Waals surface area contributed by atoms with Gasteiger partial charge in [-0.25, -0.2) is 0 Å². The Labute approximate surface area is 161 Å². The highest BCUT2D eigenvalue weighted by Crippen LogP contribution is 2.32. The van der Waals surface area contributed by atoms with Gasteiger partial charge < -0.3 is 19.5 Å². The number of hydrogen-bond acceptors (Lipinski definition) is 3. The first-order valence-electron chi connectivity index (χ1n) is 10.3. The fourth-order valence-electron chi connectivity index (χ4n) is 4.65.